The van der Waals surface area contributed by atoms with Crippen molar-refractivity contribution in [1.82, 2.24) is 11.0 Å². The molecule has 3 aromatic rings. The van der Waals surface area contributed by atoms with Gasteiger partial charge in [-0.1, -0.05) is 49.4 Å². The third-order valence-electron chi connectivity index (χ3n) is 5.66. The molecule has 0 spiro atoms. The average Bonchev–Trinajstić information content (AvgIpc) is 3.21. The van der Waals surface area contributed by atoms with Gasteiger partial charge in [-0.25, -0.2) is 4.94 Å². The van der Waals surface area contributed by atoms with Crippen molar-refractivity contribution in [2.24, 2.45) is 0 Å². The van der Waals surface area contributed by atoms with Gasteiger partial charge in [0.05, 0.1) is 5.56 Å². The number of hydroxylamine groups is 2. The van der Waals surface area contributed by atoms with Crippen LogP contribution in [0.25, 0.3) is 11.1 Å². The Balaban J connectivity index is 1.48. The Morgan fingerprint density at radius 2 is 1.73 bits per heavy atom. The van der Waals surface area contributed by atoms with Crippen LogP contribution in [0, 0.1) is 0 Å². The molecule has 5 nitrogen and oxygen atoms in total. The summed E-state index contributed by atoms with van der Waals surface area (Å²) in [5.74, 6) is 0. The summed E-state index contributed by atoms with van der Waals surface area (Å²) in [4.78, 5) is 5.21. The summed E-state index contributed by atoms with van der Waals surface area (Å²) in [7, 11) is 0. The Morgan fingerprint density at radius 3 is 2.45 bits per heavy atom. The number of aliphatic hydroxyl groups is 1. The molecule has 0 aliphatic heterocycles. The van der Waals surface area contributed by atoms with E-state index in [4.69, 9.17) is 4.94 Å². The summed E-state index contributed by atoms with van der Waals surface area (Å²) >= 11 is 0. The van der Waals surface area contributed by atoms with Crippen molar-refractivity contribution in [2.45, 2.75) is 38.2 Å². The predicted molar refractivity (Wildman–Crippen MR) is 121 cm³/mol. The zero-order valence-corrected chi connectivity index (χ0v) is 18.1. The van der Waals surface area contributed by atoms with E-state index in [9.17, 15) is 18.3 Å². The summed E-state index contributed by atoms with van der Waals surface area (Å²) in [6, 6.07) is 18.2. The second-order valence-corrected chi connectivity index (χ2v) is 8.02. The molecule has 0 amide bonds. The Kier molecular flexibility index (Phi) is 6.99. The number of nitrogens with one attached hydrogen (secondary N) is 3. The molecule has 0 fully saturated rings. The molecule has 0 saturated carbocycles. The first kappa shape index (κ1) is 23.3. The van der Waals surface area contributed by atoms with E-state index in [0.29, 0.717) is 23.2 Å². The predicted octanol–water partition coefficient (Wildman–Crippen LogP) is 4.99. The monoisotopic (exact) mass is 457 g/mol. The lowest BCUT2D eigenvalue weighted by atomic mass is 9.97. The number of halogens is 3. The highest BCUT2D eigenvalue weighted by molar-refractivity contribution is 5.69. The smallest absolute Gasteiger partial charge is 0.369 e. The Morgan fingerprint density at radius 1 is 1.00 bits per heavy atom. The van der Waals surface area contributed by atoms with Crippen LogP contribution in [-0.4, -0.2) is 17.7 Å². The summed E-state index contributed by atoms with van der Waals surface area (Å²) in [6.07, 6.45) is -3.77. The maximum atomic E-state index is 12.9. The highest BCUT2D eigenvalue weighted by Gasteiger charge is 2.30. The largest absolute Gasteiger partial charge is 0.416 e. The van der Waals surface area contributed by atoms with Crippen molar-refractivity contribution in [3.05, 3.63) is 89.0 Å². The first-order valence-electron chi connectivity index (χ1n) is 10.8. The number of fused-ring (bicyclic) bond motifs is 1. The molecule has 1 aliphatic rings. The van der Waals surface area contributed by atoms with Gasteiger partial charge in [0.2, 0.25) is 0 Å². The van der Waals surface area contributed by atoms with Gasteiger partial charge < -0.3 is 10.4 Å². The third kappa shape index (κ3) is 5.54. The Labute approximate surface area is 190 Å². The second-order valence-electron chi connectivity index (χ2n) is 8.02. The molecule has 2 unspecified atom stereocenters. The lowest BCUT2D eigenvalue weighted by Gasteiger charge is -2.19. The second kappa shape index (κ2) is 9.93. The minimum absolute atomic E-state index is 0.166. The maximum Gasteiger partial charge on any atom is 0.416 e. The minimum Gasteiger partial charge on any atom is -0.369 e. The molecular weight excluding hydrogens is 431 g/mol. The van der Waals surface area contributed by atoms with E-state index in [1.807, 2.05) is 25.1 Å². The fourth-order valence-corrected chi connectivity index (χ4v) is 4.06. The van der Waals surface area contributed by atoms with E-state index in [-0.39, 0.29) is 6.04 Å². The lowest BCUT2D eigenvalue weighted by molar-refractivity contribution is -0.137. The van der Waals surface area contributed by atoms with Crippen LogP contribution in [0.1, 0.15) is 35.4 Å². The van der Waals surface area contributed by atoms with Gasteiger partial charge in [0.25, 0.3) is 0 Å². The van der Waals surface area contributed by atoms with Gasteiger partial charge in [-0.2, -0.15) is 24.1 Å². The molecule has 0 aromatic heterocycles. The van der Waals surface area contributed by atoms with Crippen LogP contribution in [0.4, 0.5) is 18.9 Å². The molecule has 4 rings (SSSR count). The van der Waals surface area contributed by atoms with Gasteiger partial charge in [-0.05, 0) is 59.4 Å². The first-order valence-corrected chi connectivity index (χ1v) is 10.8. The molecule has 1 aliphatic carbocycles. The number of hydrogen-bond donors (Lipinski definition) is 4. The van der Waals surface area contributed by atoms with E-state index in [0.717, 1.165) is 30.7 Å². The van der Waals surface area contributed by atoms with Crippen molar-refractivity contribution >= 4 is 5.69 Å². The molecule has 3 aromatic carbocycles. The van der Waals surface area contributed by atoms with Crippen LogP contribution in [0.15, 0.2) is 66.7 Å². The van der Waals surface area contributed by atoms with E-state index in [1.165, 1.54) is 23.3 Å². The molecular formula is C25H26F3N3O2. The molecule has 0 saturated heterocycles. The van der Waals surface area contributed by atoms with E-state index < -0.39 is 18.0 Å². The molecule has 174 valence electrons. The summed E-state index contributed by atoms with van der Waals surface area (Å²) in [6.45, 7) is 2.65. The van der Waals surface area contributed by atoms with E-state index in [1.54, 1.807) is 24.3 Å². The number of alkyl halides is 3. The van der Waals surface area contributed by atoms with Gasteiger partial charge in [0, 0.05) is 23.8 Å². The van der Waals surface area contributed by atoms with Gasteiger partial charge >= 0.3 is 6.18 Å². The molecule has 0 bridgehead atoms. The average molecular weight is 457 g/mol. The zero-order chi connectivity index (χ0) is 23.4. The summed E-state index contributed by atoms with van der Waals surface area (Å²) in [5.41, 5.74) is 10.1. The van der Waals surface area contributed by atoms with Gasteiger partial charge in [0.1, 0.15) is 0 Å². The molecule has 2 atom stereocenters. The van der Waals surface area contributed by atoms with Crippen molar-refractivity contribution < 1.29 is 23.2 Å². The number of hydrogen-bond acceptors (Lipinski definition) is 5. The van der Waals surface area contributed by atoms with Crippen LogP contribution in [-0.2, 0) is 24.0 Å². The van der Waals surface area contributed by atoms with Crippen LogP contribution in [0.3, 0.4) is 0 Å². The summed E-state index contributed by atoms with van der Waals surface area (Å²) in [5, 5.41) is 14.0. The number of rotatable bonds is 8. The van der Waals surface area contributed by atoms with Crippen molar-refractivity contribution in [3.8, 4) is 11.1 Å². The van der Waals surface area contributed by atoms with Gasteiger partial charge in [-0.3, -0.25) is 0 Å². The fraction of sp³-hybridized carbons (Fsp3) is 0.280. The van der Waals surface area contributed by atoms with Crippen molar-refractivity contribution in [1.29, 1.82) is 0 Å². The number of benzene rings is 3. The lowest BCUT2D eigenvalue weighted by Crippen LogP contribution is -2.35. The Bertz CT molecular complexity index is 1090. The summed E-state index contributed by atoms with van der Waals surface area (Å²) < 4.78 is 38.7. The molecule has 0 radical (unpaired) electrons. The van der Waals surface area contributed by atoms with Crippen LogP contribution in [0.2, 0.25) is 0 Å². The minimum atomic E-state index is -4.39. The Hall–Kier alpha value is -2.91. The molecule has 4 N–H and O–H groups in total. The number of anilines is 1. The van der Waals surface area contributed by atoms with Gasteiger partial charge in [0.15, 0.2) is 6.23 Å². The first-order chi connectivity index (χ1) is 15.8. The highest BCUT2D eigenvalue weighted by Crippen LogP contribution is 2.34. The third-order valence-corrected chi connectivity index (χ3v) is 5.66. The fourth-order valence-electron chi connectivity index (χ4n) is 4.06. The molecule has 33 heavy (non-hydrogen) atoms. The van der Waals surface area contributed by atoms with Crippen molar-refractivity contribution in [3.63, 3.8) is 0 Å². The normalized spacial score (nSPS) is 16.5. The van der Waals surface area contributed by atoms with Crippen LogP contribution >= 0.6 is 0 Å². The van der Waals surface area contributed by atoms with Crippen LogP contribution < -0.4 is 16.3 Å². The molecule has 8 heteroatoms. The topological polar surface area (TPSA) is 65.5 Å². The number of aliphatic hydroxyl groups excluding tert-OH is 1. The molecule has 0 heterocycles. The SMILES string of the molecule is CCNONC1Cc2ccc(NC(O)c3ccccc3-c3ccc(C(F)(F)F)cc3)cc2C1. The standard InChI is InChI=1S/C25H26F3N3O2/c1-2-29-33-31-21-13-17-9-12-20(14-18(17)15-21)30-24(32)23-6-4-3-5-22(23)16-7-10-19(11-8-16)25(26,27)28/h3-12,14,21,24,29-32H,2,13,15H2,1H3. The zero-order valence-electron chi connectivity index (χ0n) is 18.1. The quantitative estimate of drug-likeness (QED) is 0.218. The van der Waals surface area contributed by atoms with E-state index >= 15 is 0 Å². The van der Waals surface area contributed by atoms with Gasteiger partial charge in [-0.15, -0.1) is 0 Å². The van der Waals surface area contributed by atoms with Crippen molar-refractivity contribution in [2.75, 3.05) is 11.9 Å². The maximum absolute atomic E-state index is 12.9. The van der Waals surface area contributed by atoms with Crippen LogP contribution in [0.5, 0.6) is 0 Å². The van der Waals surface area contributed by atoms with E-state index in [2.05, 4.69) is 16.3 Å². The highest BCUT2D eigenvalue weighted by atomic mass is 19.4.